The van der Waals surface area contributed by atoms with Gasteiger partial charge >= 0.3 is 6.03 Å². The Kier molecular flexibility index (Phi) is 5.40. The van der Waals surface area contributed by atoms with Crippen molar-refractivity contribution >= 4 is 28.7 Å². The van der Waals surface area contributed by atoms with Gasteiger partial charge in [0.05, 0.1) is 18.0 Å². The number of rotatable bonds is 6. The first-order chi connectivity index (χ1) is 9.79. The maximum absolute atomic E-state index is 11.9. The number of thiophene rings is 1. The molecule has 2 N–H and O–H groups in total. The fourth-order valence-electron chi connectivity index (χ4n) is 1.55. The van der Waals surface area contributed by atoms with Gasteiger partial charge in [0.2, 0.25) is 0 Å². The van der Waals surface area contributed by atoms with Crippen molar-refractivity contribution in [3.8, 4) is 5.75 Å². The van der Waals surface area contributed by atoms with E-state index in [0.717, 1.165) is 5.69 Å². The molecule has 0 spiro atoms. The molecule has 0 saturated heterocycles. The van der Waals surface area contributed by atoms with E-state index in [1.807, 2.05) is 29.0 Å². The maximum Gasteiger partial charge on any atom is 0.323 e. The average Bonchev–Trinajstić information content (AvgIpc) is 2.93. The minimum Gasteiger partial charge on any atom is -0.489 e. The molecular formula is C14H16N2O3S. The third-order valence-corrected chi connectivity index (χ3v) is 3.14. The smallest absolute Gasteiger partial charge is 0.323 e. The number of amides is 2. The molecule has 2 rings (SSSR count). The van der Waals surface area contributed by atoms with Crippen LogP contribution >= 0.6 is 11.3 Å². The Morgan fingerprint density at radius 2 is 2.05 bits per heavy atom. The lowest BCUT2D eigenvalue weighted by molar-refractivity contribution is 0.146. The highest BCUT2D eigenvalue weighted by Crippen LogP contribution is 2.24. The highest BCUT2D eigenvalue weighted by atomic mass is 32.1. The highest BCUT2D eigenvalue weighted by molar-refractivity contribution is 7.08. The molecule has 0 bridgehead atoms. The molecule has 106 valence electrons. The summed E-state index contributed by atoms with van der Waals surface area (Å²) in [6, 6.07) is 8.82. The summed E-state index contributed by atoms with van der Waals surface area (Å²) in [4.78, 5) is 11.9. The van der Waals surface area contributed by atoms with Crippen LogP contribution in [0.5, 0.6) is 5.75 Å². The zero-order valence-electron chi connectivity index (χ0n) is 11.1. The number of urea groups is 1. The molecule has 0 aliphatic carbocycles. The number of benzene rings is 1. The first-order valence-electron chi connectivity index (χ1n) is 6.10. The lowest BCUT2D eigenvalue weighted by atomic mass is 10.3. The van der Waals surface area contributed by atoms with E-state index in [-0.39, 0.29) is 6.03 Å². The van der Waals surface area contributed by atoms with Crippen LogP contribution in [0.2, 0.25) is 0 Å². The minimum absolute atomic E-state index is 0.300. The Balaban J connectivity index is 1.95. The molecule has 1 aromatic carbocycles. The number of methoxy groups -OCH3 is 1. The summed E-state index contributed by atoms with van der Waals surface area (Å²) < 4.78 is 10.5. The molecule has 5 nitrogen and oxygen atoms in total. The summed E-state index contributed by atoms with van der Waals surface area (Å²) in [6.45, 7) is 0.927. The first kappa shape index (κ1) is 14.4. The van der Waals surface area contributed by atoms with Gasteiger partial charge in [-0.2, -0.15) is 11.3 Å². The van der Waals surface area contributed by atoms with Gasteiger partial charge in [0, 0.05) is 12.5 Å². The molecule has 0 fully saturated rings. The molecule has 6 heteroatoms. The van der Waals surface area contributed by atoms with Gasteiger partial charge in [-0.1, -0.05) is 12.1 Å². The third kappa shape index (κ3) is 4.25. The number of hydrogen-bond acceptors (Lipinski definition) is 4. The SMILES string of the molecule is COCCOc1ccccc1NC(=O)Nc1ccsc1. The number of carbonyl (C=O) groups is 1. The molecule has 1 aromatic heterocycles. The largest absolute Gasteiger partial charge is 0.489 e. The van der Waals surface area contributed by atoms with Gasteiger partial charge in [-0.15, -0.1) is 0 Å². The lowest BCUT2D eigenvalue weighted by Gasteiger charge is -2.12. The Bertz CT molecular complexity index is 543. The van der Waals surface area contributed by atoms with Crippen molar-refractivity contribution < 1.29 is 14.3 Å². The Morgan fingerprint density at radius 1 is 1.20 bits per heavy atom. The Morgan fingerprint density at radius 3 is 2.80 bits per heavy atom. The Labute approximate surface area is 121 Å². The normalized spacial score (nSPS) is 10.1. The first-order valence-corrected chi connectivity index (χ1v) is 7.05. The van der Waals surface area contributed by atoms with Crippen molar-refractivity contribution in [2.45, 2.75) is 0 Å². The van der Waals surface area contributed by atoms with Crippen LogP contribution < -0.4 is 15.4 Å². The highest BCUT2D eigenvalue weighted by Gasteiger charge is 2.07. The standard InChI is InChI=1S/C14H16N2O3S/c1-18-7-8-19-13-5-3-2-4-12(13)16-14(17)15-11-6-9-20-10-11/h2-6,9-10H,7-8H2,1H3,(H2,15,16,17). The van der Waals surface area contributed by atoms with E-state index in [2.05, 4.69) is 10.6 Å². The number of para-hydroxylation sites is 2. The zero-order valence-corrected chi connectivity index (χ0v) is 11.9. The van der Waals surface area contributed by atoms with Gasteiger partial charge in [-0.05, 0) is 23.6 Å². The number of anilines is 2. The molecule has 0 unspecified atom stereocenters. The molecule has 1 heterocycles. The molecule has 0 saturated carbocycles. The van der Waals surface area contributed by atoms with Crippen molar-refractivity contribution in [2.24, 2.45) is 0 Å². The van der Waals surface area contributed by atoms with Crippen LogP contribution in [0.4, 0.5) is 16.2 Å². The van der Waals surface area contributed by atoms with Crippen molar-refractivity contribution in [1.82, 2.24) is 0 Å². The fraction of sp³-hybridized carbons (Fsp3) is 0.214. The number of hydrogen-bond donors (Lipinski definition) is 2. The number of ether oxygens (including phenoxy) is 2. The Hall–Kier alpha value is -2.05. The van der Waals surface area contributed by atoms with E-state index in [1.54, 1.807) is 19.2 Å². The van der Waals surface area contributed by atoms with E-state index in [0.29, 0.717) is 24.7 Å². The predicted octanol–water partition coefficient (Wildman–Crippen LogP) is 3.42. The average molecular weight is 292 g/mol. The van der Waals surface area contributed by atoms with Gasteiger partial charge < -0.3 is 20.1 Å². The third-order valence-electron chi connectivity index (χ3n) is 2.46. The van der Waals surface area contributed by atoms with Gasteiger partial charge in [0.25, 0.3) is 0 Å². The minimum atomic E-state index is -0.300. The molecule has 0 aliphatic heterocycles. The van der Waals surface area contributed by atoms with Crippen molar-refractivity contribution in [3.05, 3.63) is 41.1 Å². The van der Waals surface area contributed by atoms with E-state index < -0.39 is 0 Å². The van der Waals surface area contributed by atoms with Gasteiger partial charge in [-0.25, -0.2) is 4.79 Å². The maximum atomic E-state index is 11.9. The molecule has 2 amide bonds. The topological polar surface area (TPSA) is 59.6 Å². The van der Waals surface area contributed by atoms with E-state index in [4.69, 9.17) is 9.47 Å². The summed E-state index contributed by atoms with van der Waals surface area (Å²) in [5.41, 5.74) is 1.39. The van der Waals surface area contributed by atoms with Gasteiger partial charge in [0.1, 0.15) is 12.4 Å². The van der Waals surface area contributed by atoms with E-state index in [9.17, 15) is 4.79 Å². The van der Waals surface area contributed by atoms with E-state index in [1.165, 1.54) is 11.3 Å². The molecule has 0 atom stereocenters. The zero-order chi connectivity index (χ0) is 14.2. The van der Waals surface area contributed by atoms with Crippen LogP contribution in [0.1, 0.15) is 0 Å². The summed E-state index contributed by atoms with van der Waals surface area (Å²) in [5, 5.41) is 9.27. The monoisotopic (exact) mass is 292 g/mol. The predicted molar refractivity (Wildman–Crippen MR) is 80.8 cm³/mol. The second kappa shape index (κ2) is 7.52. The van der Waals surface area contributed by atoms with Crippen LogP contribution in [0.3, 0.4) is 0 Å². The molecule has 20 heavy (non-hydrogen) atoms. The number of carbonyl (C=O) groups excluding carboxylic acids is 1. The fourth-order valence-corrected chi connectivity index (χ4v) is 2.14. The molecule has 2 aromatic rings. The van der Waals surface area contributed by atoms with Crippen molar-refractivity contribution in [3.63, 3.8) is 0 Å². The van der Waals surface area contributed by atoms with Crippen LogP contribution in [0.15, 0.2) is 41.1 Å². The van der Waals surface area contributed by atoms with Crippen LogP contribution in [-0.4, -0.2) is 26.4 Å². The summed E-state index contributed by atoms with van der Waals surface area (Å²) in [7, 11) is 1.61. The summed E-state index contributed by atoms with van der Waals surface area (Å²) in [6.07, 6.45) is 0. The van der Waals surface area contributed by atoms with Crippen molar-refractivity contribution in [1.29, 1.82) is 0 Å². The summed E-state index contributed by atoms with van der Waals surface area (Å²) in [5.74, 6) is 0.616. The van der Waals surface area contributed by atoms with Crippen LogP contribution in [-0.2, 0) is 4.74 Å². The van der Waals surface area contributed by atoms with E-state index >= 15 is 0 Å². The second-order valence-corrected chi connectivity index (χ2v) is 4.71. The van der Waals surface area contributed by atoms with Crippen LogP contribution in [0, 0.1) is 0 Å². The van der Waals surface area contributed by atoms with Crippen molar-refractivity contribution in [2.75, 3.05) is 31.0 Å². The van der Waals surface area contributed by atoms with Gasteiger partial charge in [0.15, 0.2) is 0 Å². The second-order valence-electron chi connectivity index (χ2n) is 3.93. The molecule has 0 aliphatic rings. The molecular weight excluding hydrogens is 276 g/mol. The van der Waals surface area contributed by atoms with Crippen LogP contribution in [0.25, 0.3) is 0 Å². The molecule has 0 radical (unpaired) electrons. The summed E-state index contributed by atoms with van der Waals surface area (Å²) >= 11 is 1.52. The number of nitrogens with one attached hydrogen (secondary N) is 2. The quantitative estimate of drug-likeness (QED) is 0.802. The lowest BCUT2D eigenvalue weighted by Crippen LogP contribution is -2.19. The van der Waals surface area contributed by atoms with Gasteiger partial charge in [-0.3, -0.25) is 0 Å².